The molecule has 0 aliphatic carbocycles. The lowest BCUT2D eigenvalue weighted by atomic mass is 9.74. The molecule has 464 valence electrons. The molecule has 0 saturated carbocycles. The van der Waals surface area contributed by atoms with Gasteiger partial charge in [0.1, 0.15) is 54.9 Å². The highest BCUT2D eigenvalue weighted by Crippen LogP contribution is 2.46. The van der Waals surface area contributed by atoms with Crippen molar-refractivity contribution in [2.24, 2.45) is 0 Å². The van der Waals surface area contributed by atoms with E-state index in [9.17, 15) is 15.0 Å². The first-order valence-electron chi connectivity index (χ1n) is 30.6. The van der Waals surface area contributed by atoms with Gasteiger partial charge in [0.15, 0.2) is 11.9 Å². The van der Waals surface area contributed by atoms with Crippen LogP contribution in [0.25, 0.3) is 0 Å². The molecular weight excluding hydrogens is 1130 g/mol. The molecule has 8 aromatic carbocycles. The van der Waals surface area contributed by atoms with E-state index in [1.54, 1.807) is 0 Å². The Morgan fingerprint density at radius 2 is 0.775 bits per heavy atom. The topological polar surface area (TPSA) is 162 Å². The molecule has 3 aliphatic rings. The second kappa shape index (κ2) is 31.8. The molecule has 0 bridgehead atoms. The van der Waals surface area contributed by atoms with E-state index >= 15 is 0 Å². The Morgan fingerprint density at radius 1 is 0.427 bits per heavy atom. The Bertz CT molecular complexity index is 3310. The maximum Gasteiger partial charge on any atom is 0.407 e. The van der Waals surface area contributed by atoms with E-state index in [1.165, 1.54) is 4.90 Å². The van der Waals surface area contributed by atoms with Crippen LogP contribution in [0.2, 0.25) is 0 Å². The molecule has 0 aromatic heterocycles. The lowest BCUT2D eigenvalue weighted by Crippen LogP contribution is -2.78. The number of benzene rings is 8. The number of carbonyl (C=O) groups is 1. The van der Waals surface area contributed by atoms with Gasteiger partial charge in [-0.3, -0.25) is 4.90 Å². The van der Waals surface area contributed by atoms with Crippen molar-refractivity contribution in [3.05, 3.63) is 287 Å². The minimum atomic E-state index is -2.26. The maximum absolute atomic E-state index is 15.0. The van der Waals surface area contributed by atoms with Gasteiger partial charge in [-0.05, 0) is 51.4 Å². The highest BCUT2D eigenvalue weighted by atomic mass is 16.7. The first-order chi connectivity index (χ1) is 43.8. The summed E-state index contributed by atoms with van der Waals surface area (Å²) in [6.45, 7) is 2.59. The van der Waals surface area contributed by atoms with E-state index in [1.807, 2.05) is 250 Å². The average Bonchev–Trinajstić information content (AvgIpc) is 1.14. The fraction of sp³-hybridized carbons (Fsp3) is 0.338. The van der Waals surface area contributed by atoms with Crippen molar-refractivity contribution in [2.75, 3.05) is 19.8 Å². The van der Waals surface area contributed by atoms with Gasteiger partial charge in [-0.25, -0.2) is 4.79 Å². The summed E-state index contributed by atoms with van der Waals surface area (Å²) in [6.07, 6.45) is -13.3. The predicted molar refractivity (Wildman–Crippen MR) is 334 cm³/mol. The van der Waals surface area contributed by atoms with Crippen LogP contribution in [0.5, 0.6) is 0 Å². The number of hydrogen-bond donors (Lipinski definition) is 2. The van der Waals surface area contributed by atoms with Crippen LogP contribution in [-0.4, -0.2) is 120 Å². The van der Waals surface area contributed by atoms with Crippen LogP contribution in [0.4, 0.5) is 4.79 Å². The van der Waals surface area contributed by atoms with Crippen LogP contribution >= 0.6 is 0 Å². The first kappa shape index (κ1) is 63.1. The van der Waals surface area contributed by atoms with Gasteiger partial charge in [-0.15, -0.1) is 0 Å². The summed E-state index contributed by atoms with van der Waals surface area (Å²) in [5, 5.41) is 26.0. The molecule has 15 nitrogen and oxygen atoms in total. The number of likely N-dealkylation sites (tertiary alicyclic amines) is 1. The third kappa shape index (κ3) is 16.7. The summed E-state index contributed by atoms with van der Waals surface area (Å²) in [7, 11) is 0. The zero-order chi connectivity index (χ0) is 61.0. The Labute approximate surface area is 521 Å². The van der Waals surface area contributed by atoms with Gasteiger partial charge < -0.3 is 62.3 Å². The lowest BCUT2D eigenvalue weighted by Gasteiger charge is -2.58. The number of aliphatic hydroxyl groups is 1. The van der Waals surface area contributed by atoms with E-state index in [4.69, 9.17) is 52.1 Å². The fourth-order valence-corrected chi connectivity index (χ4v) is 12.0. The molecule has 0 spiro atoms. The minimum Gasteiger partial charge on any atom is -0.465 e. The number of nitrogens with zero attached hydrogens (tertiary/aromatic N) is 1. The lowest BCUT2D eigenvalue weighted by molar-refractivity contribution is -0.394. The zero-order valence-electron chi connectivity index (χ0n) is 50.0. The van der Waals surface area contributed by atoms with E-state index in [0.717, 1.165) is 44.5 Å². The zero-order valence-corrected chi connectivity index (χ0v) is 50.0. The van der Waals surface area contributed by atoms with Crippen molar-refractivity contribution in [1.82, 2.24) is 4.90 Å². The fourth-order valence-electron chi connectivity index (χ4n) is 12.0. The Kier molecular flexibility index (Phi) is 22.6. The van der Waals surface area contributed by atoms with Crippen molar-refractivity contribution in [3.63, 3.8) is 0 Å². The van der Waals surface area contributed by atoms with E-state index in [-0.39, 0.29) is 72.6 Å². The van der Waals surface area contributed by atoms with Crippen LogP contribution in [0, 0.1) is 0 Å². The quantitative estimate of drug-likeness (QED) is 0.0455. The number of ether oxygens (including phenoxy) is 11. The van der Waals surface area contributed by atoms with Crippen molar-refractivity contribution in [3.8, 4) is 0 Å². The molecular formula is C74H79NO14. The normalized spacial score (nSPS) is 26.0. The van der Waals surface area contributed by atoms with Gasteiger partial charge in [0.05, 0.1) is 84.8 Å². The summed E-state index contributed by atoms with van der Waals surface area (Å²) >= 11 is 0. The van der Waals surface area contributed by atoms with Crippen molar-refractivity contribution in [2.45, 2.75) is 139 Å². The van der Waals surface area contributed by atoms with Crippen LogP contribution < -0.4 is 0 Å². The van der Waals surface area contributed by atoms with Crippen molar-refractivity contribution >= 4 is 6.09 Å². The molecule has 15 heteroatoms. The monoisotopic (exact) mass is 1210 g/mol. The van der Waals surface area contributed by atoms with Gasteiger partial charge in [-0.1, -0.05) is 243 Å². The molecule has 89 heavy (non-hydrogen) atoms. The Hall–Kier alpha value is -7.45. The van der Waals surface area contributed by atoms with E-state index in [0.29, 0.717) is 0 Å². The SMILES string of the molecule is C[C@H]1O[C@H]([C@]2(O)[C@H](OCc3ccccc3)[C@@H](OCc3ccccc3)[C@@H](O[C@@H]3[C@@H](COCc4ccccc4)N(C(=O)O)C[C@H]3OCc3ccccc3)O[C@@H]2COCc2ccccc2)[C@H](OCc2ccccc2)[C@@H](OCc2ccccc2)[C@@H]1OCc1ccccc1. The maximum atomic E-state index is 15.0. The number of carboxylic acid groups (broad SMARTS) is 1. The summed E-state index contributed by atoms with van der Waals surface area (Å²) in [6, 6.07) is 77.2. The second-order valence-electron chi connectivity index (χ2n) is 22.8. The van der Waals surface area contributed by atoms with Crippen LogP contribution in [0.15, 0.2) is 243 Å². The van der Waals surface area contributed by atoms with Crippen molar-refractivity contribution in [1.29, 1.82) is 0 Å². The highest BCUT2D eigenvalue weighted by Gasteiger charge is 2.67. The Balaban J connectivity index is 1.04. The second-order valence-corrected chi connectivity index (χ2v) is 22.8. The first-order valence-corrected chi connectivity index (χ1v) is 30.6. The molecule has 11 rings (SSSR count). The number of amides is 1. The van der Waals surface area contributed by atoms with Gasteiger partial charge in [-0.2, -0.15) is 0 Å². The largest absolute Gasteiger partial charge is 0.465 e. The summed E-state index contributed by atoms with van der Waals surface area (Å²) in [5.74, 6) is 0. The average molecular weight is 1210 g/mol. The van der Waals surface area contributed by atoms with Crippen LogP contribution in [0.1, 0.15) is 51.4 Å². The van der Waals surface area contributed by atoms with Crippen LogP contribution in [-0.2, 0) is 105 Å². The van der Waals surface area contributed by atoms with Gasteiger partial charge >= 0.3 is 6.09 Å². The van der Waals surface area contributed by atoms with Gasteiger partial charge in [0, 0.05) is 0 Å². The molecule has 0 radical (unpaired) electrons. The van der Waals surface area contributed by atoms with E-state index in [2.05, 4.69) is 0 Å². The van der Waals surface area contributed by atoms with Crippen LogP contribution in [0.3, 0.4) is 0 Å². The molecule has 3 fully saturated rings. The standard InChI is InChI=1S/C74H79NO14/c1-53-65(82-46-57-32-16-5-17-33-57)67(83-47-58-34-18-6-19-35-58)68(84-48-59-36-20-7-21-37-59)71(87-53)74(78)64(52-80-44-55-28-12-3-13-29-55)88-72(69(85-49-60-38-22-8-23-39-60)70(74)86-50-61-40-24-9-25-41-61)89-66-62(51-79-43-54-26-10-2-11-27-54)75(73(76)77)42-63(66)81-45-56-30-14-4-15-31-56/h2-41,53,62-72,78H,42-52H2,1H3,(H,76,77)/t53-,62-,63-,64-,65-,66-,67+,68-,69-,70-,71+,72-,74-/m1/s1. The smallest absolute Gasteiger partial charge is 0.407 e. The third-order valence-electron chi connectivity index (χ3n) is 16.6. The van der Waals surface area contributed by atoms with Gasteiger partial charge in [0.2, 0.25) is 0 Å². The summed E-state index contributed by atoms with van der Waals surface area (Å²) < 4.78 is 78.1. The summed E-state index contributed by atoms with van der Waals surface area (Å²) in [5.41, 5.74) is 4.79. The molecule has 0 unspecified atom stereocenters. The molecule has 3 saturated heterocycles. The molecule has 13 atom stereocenters. The summed E-state index contributed by atoms with van der Waals surface area (Å²) in [4.78, 5) is 14.8. The Morgan fingerprint density at radius 3 is 1.19 bits per heavy atom. The molecule has 2 N–H and O–H groups in total. The van der Waals surface area contributed by atoms with Gasteiger partial charge in [0.25, 0.3) is 0 Å². The highest BCUT2D eigenvalue weighted by molar-refractivity contribution is 5.66. The molecule has 3 heterocycles. The number of hydrogen-bond acceptors (Lipinski definition) is 13. The number of rotatable bonds is 29. The molecule has 8 aromatic rings. The minimum absolute atomic E-state index is 0.00707. The molecule has 3 aliphatic heterocycles. The van der Waals surface area contributed by atoms with Crippen molar-refractivity contribution < 1.29 is 67.1 Å². The third-order valence-corrected chi connectivity index (χ3v) is 16.6. The molecule has 1 amide bonds. The van der Waals surface area contributed by atoms with E-state index < -0.39 is 85.1 Å². The predicted octanol–water partition coefficient (Wildman–Crippen LogP) is 11.9.